The average molecular weight is 201 g/mol. The van der Waals surface area contributed by atoms with Crippen LogP contribution in [0.3, 0.4) is 0 Å². The largest absolute Gasteiger partial charge is 0.329 e. The maximum atomic E-state index is 5.54. The minimum absolute atomic E-state index is 0.777. The van der Waals surface area contributed by atoms with Crippen molar-refractivity contribution in [3.8, 4) is 0 Å². The summed E-state index contributed by atoms with van der Waals surface area (Å²) in [5, 5.41) is 0. The van der Waals surface area contributed by atoms with Crippen molar-refractivity contribution in [1.29, 1.82) is 0 Å². The summed E-state index contributed by atoms with van der Waals surface area (Å²) in [6.45, 7) is 14.3. The van der Waals surface area contributed by atoms with Gasteiger partial charge in [0.25, 0.3) is 0 Å². The van der Waals surface area contributed by atoms with Crippen molar-refractivity contribution in [3.63, 3.8) is 0 Å². The van der Waals surface area contributed by atoms with Crippen LogP contribution < -0.4 is 5.73 Å². The molecule has 0 saturated carbocycles. The van der Waals surface area contributed by atoms with Crippen molar-refractivity contribution in [2.24, 2.45) is 5.73 Å². The molecule has 2 N–H and O–H groups in total. The van der Waals surface area contributed by atoms with Crippen LogP contribution in [-0.2, 0) is 0 Å². The third-order valence-corrected chi connectivity index (χ3v) is 2.74. The highest BCUT2D eigenvalue weighted by Crippen LogP contribution is 1.94. The Bertz CT molecular complexity index is 113. The molecule has 0 fully saturated rings. The Kier molecular flexibility index (Phi) is 9.35. The molecule has 0 spiro atoms. The second kappa shape index (κ2) is 9.44. The van der Waals surface area contributed by atoms with Gasteiger partial charge in [-0.25, -0.2) is 0 Å². The monoisotopic (exact) mass is 201 g/mol. The SMILES string of the molecule is CCN(CC)CCCN(CC)CCN. The molecule has 0 aromatic heterocycles. The first-order valence-electron chi connectivity index (χ1n) is 5.93. The Labute approximate surface area is 89.2 Å². The molecular weight excluding hydrogens is 174 g/mol. The van der Waals surface area contributed by atoms with Crippen LogP contribution in [0.2, 0.25) is 0 Å². The molecule has 0 aromatic carbocycles. The summed E-state index contributed by atoms with van der Waals surface area (Å²) in [5.74, 6) is 0. The van der Waals surface area contributed by atoms with Gasteiger partial charge in [0.15, 0.2) is 0 Å². The van der Waals surface area contributed by atoms with E-state index in [9.17, 15) is 0 Å². The van der Waals surface area contributed by atoms with Crippen molar-refractivity contribution in [2.45, 2.75) is 27.2 Å². The first kappa shape index (κ1) is 13.9. The molecule has 0 aliphatic heterocycles. The van der Waals surface area contributed by atoms with Crippen molar-refractivity contribution in [1.82, 2.24) is 9.80 Å². The molecule has 0 rings (SSSR count). The van der Waals surface area contributed by atoms with Crippen LogP contribution in [0.1, 0.15) is 27.2 Å². The molecule has 0 radical (unpaired) electrons. The lowest BCUT2D eigenvalue weighted by atomic mass is 10.3. The van der Waals surface area contributed by atoms with Crippen LogP contribution in [0, 0.1) is 0 Å². The van der Waals surface area contributed by atoms with Gasteiger partial charge in [-0.1, -0.05) is 20.8 Å². The molecule has 3 heteroatoms. The van der Waals surface area contributed by atoms with Crippen molar-refractivity contribution < 1.29 is 0 Å². The zero-order valence-electron chi connectivity index (χ0n) is 10.1. The van der Waals surface area contributed by atoms with Gasteiger partial charge in [0.1, 0.15) is 0 Å². The fourth-order valence-corrected chi connectivity index (χ4v) is 1.67. The standard InChI is InChI=1S/C11H27N3/c1-4-13(5-2)9-7-10-14(6-3)11-8-12/h4-12H2,1-3H3. The first-order chi connectivity index (χ1) is 6.78. The van der Waals surface area contributed by atoms with E-state index >= 15 is 0 Å². The number of rotatable bonds is 9. The topological polar surface area (TPSA) is 32.5 Å². The summed E-state index contributed by atoms with van der Waals surface area (Å²) in [7, 11) is 0. The molecule has 0 aromatic rings. The Balaban J connectivity index is 3.48. The predicted octanol–water partition coefficient (Wildman–Crippen LogP) is 0.999. The van der Waals surface area contributed by atoms with Crippen molar-refractivity contribution in [2.75, 3.05) is 45.8 Å². The number of nitrogens with two attached hydrogens (primary N) is 1. The maximum absolute atomic E-state index is 5.54. The summed E-state index contributed by atoms with van der Waals surface area (Å²) in [5.41, 5.74) is 5.54. The van der Waals surface area contributed by atoms with Crippen LogP contribution >= 0.6 is 0 Å². The van der Waals surface area contributed by atoms with Crippen LogP contribution in [0.25, 0.3) is 0 Å². The van der Waals surface area contributed by atoms with E-state index in [1.54, 1.807) is 0 Å². The van der Waals surface area contributed by atoms with Gasteiger partial charge in [0.2, 0.25) is 0 Å². The van der Waals surface area contributed by atoms with Gasteiger partial charge in [-0.05, 0) is 39.1 Å². The molecule has 0 aliphatic carbocycles. The smallest absolute Gasteiger partial charge is 0.0104 e. The van der Waals surface area contributed by atoms with Crippen LogP contribution in [0.4, 0.5) is 0 Å². The fraction of sp³-hybridized carbons (Fsp3) is 1.00. The molecule has 0 amide bonds. The van der Waals surface area contributed by atoms with E-state index in [0.717, 1.165) is 19.6 Å². The van der Waals surface area contributed by atoms with E-state index in [1.165, 1.54) is 32.6 Å². The second-order valence-corrected chi connectivity index (χ2v) is 3.60. The third kappa shape index (κ3) is 6.35. The van der Waals surface area contributed by atoms with Gasteiger partial charge in [-0.2, -0.15) is 0 Å². The summed E-state index contributed by atoms with van der Waals surface area (Å²) in [6, 6.07) is 0. The molecule has 0 heterocycles. The Morgan fingerprint density at radius 3 is 1.71 bits per heavy atom. The van der Waals surface area contributed by atoms with E-state index in [1.807, 2.05) is 0 Å². The molecule has 3 nitrogen and oxygen atoms in total. The van der Waals surface area contributed by atoms with E-state index in [2.05, 4.69) is 30.6 Å². The number of nitrogens with zero attached hydrogens (tertiary/aromatic N) is 2. The Morgan fingerprint density at radius 2 is 1.29 bits per heavy atom. The molecule has 0 aliphatic rings. The number of hydrogen-bond acceptors (Lipinski definition) is 3. The van der Waals surface area contributed by atoms with Gasteiger partial charge in [-0.3, -0.25) is 0 Å². The maximum Gasteiger partial charge on any atom is 0.0104 e. The van der Waals surface area contributed by atoms with Crippen molar-refractivity contribution >= 4 is 0 Å². The summed E-state index contributed by atoms with van der Waals surface area (Å²) in [4.78, 5) is 4.89. The van der Waals surface area contributed by atoms with Crippen LogP contribution in [0.15, 0.2) is 0 Å². The highest BCUT2D eigenvalue weighted by Gasteiger charge is 2.02. The van der Waals surface area contributed by atoms with Crippen molar-refractivity contribution in [3.05, 3.63) is 0 Å². The summed E-state index contributed by atoms with van der Waals surface area (Å²) in [6.07, 6.45) is 1.26. The van der Waals surface area contributed by atoms with Gasteiger partial charge >= 0.3 is 0 Å². The van der Waals surface area contributed by atoms with E-state index in [-0.39, 0.29) is 0 Å². The van der Waals surface area contributed by atoms with E-state index < -0.39 is 0 Å². The van der Waals surface area contributed by atoms with Gasteiger partial charge in [0, 0.05) is 13.1 Å². The number of likely N-dealkylation sites (N-methyl/N-ethyl adjacent to an activating group) is 1. The first-order valence-corrected chi connectivity index (χ1v) is 5.93. The minimum Gasteiger partial charge on any atom is -0.329 e. The predicted molar refractivity (Wildman–Crippen MR) is 63.6 cm³/mol. The third-order valence-electron chi connectivity index (χ3n) is 2.74. The van der Waals surface area contributed by atoms with E-state index in [4.69, 9.17) is 5.73 Å². The molecule has 0 saturated heterocycles. The fourth-order valence-electron chi connectivity index (χ4n) is 1.67. The molecule has 0 atom stereocenters. The molecule has 0 bridgehead atoms. The van der Waals surface area contributed by atoms with Gasteiger partial charge in [0.05, 0.1) is 0 Å². The molecular formula is C11H27N3. The lowest BCUT2D eigenvalue weighted by Gasteiger charge is -2.22. The van der Waals surface area contributed by atoms with Gasteiger partial charge in [-0.15, -0.1) is 0 Å². The summed E-state index contributed by atoms with van der Waals surface area (Å²) < 4.78 is 0. The second-order valence-electron chi connectivity index (χ2n) is 3.60. The Hall–Kier alpha value is -0.120. The molecule has 14 heavy (non-hydrogen) atoms. The zero-order chi connectivity index (χ0) is 10.8. The quantitative estimate of drug-likeness (QED) is 0.604. The average Bonchev–Trinajstić information content (AvgIpc) is 2.23. The normalized spacial score (nSPS) is 11.6. The summed E-state index contributed by atoms with van der Waals surface area (Å²) >= 11 is 0. The number of hydrogen-bond donors (Lipinski definition) is 1. The zero-order valence-corrected chi connectivity index (χ0v) is 10.1. The minimum atomic E-state index is 0.777. The van der Waals surface area contributed by atoms with E-state index in [0.29, 0.717) is 0 Å². The Morgan fingerprint density at radius 1 is 0.786 bits per heavy atom. The molecule has 86 valence electrons. The van der Waals surface area contributed by atoms with Gasteiger partial charge < -0.3 is 15.5 Å². The lowest BCUT2D eigenvalue weighted by molar-refractivity contribution is 0.247. The lowest BCUT2D eigenvalue weighted by Crippen LogP contribution is -2.33. The van der Waals surface area contributed by atoms with Crippen LogP contribution in [0.5, 0.6) is 0 Å². The highest BCUT2D eigenvalue weighted by molar-refractivity contribution is 4.59. The highest BCUT2D eigenvalue weighted by atomic mass is 15.1. The van der Waals surface area contributed by atoms with Crippen LogP contribution in [-0.4, -0.2) is 55.6 Å². The molecule has 0 unspecified atom stereocenters.